The van der Waals surface area contributed by atoms with E-state index in [2.05, 4.69) is 10.6 Å². The Labute approximate surface area is 178 Å². The van der Waals surface area contributed by atoms with Gasteiger partial charge in [-0.3, -0.25) is 4.79 Å². The first-order valence-electron chi connectivity index (χ1n) is 9.97. The Bertz CT molecular complexity index is 882. The van der Waals surface area contributed by atoms with Gasteiger partial charge in [0.25, 0.3) is 0 Å². The number of nitrogens with zero attached hydrogens (tertiary/aromatic N) is 1. The number of hydrogen-bond donors (Lipinski definition) is 2. The van der Waals surface area contributed by atoms with Gasteiger partial charge in [0, 0.05) is 31.2 Å². The molecule has 3 rings (SSSR count). The van der Waals surface area contributed by atoms with Crippen LogP contribution in [0.4, 0.5) is 23.7 Å². The minimum atomic E-state index is -4.41. The number of ether oxygens (including phenoxy) is 1. The van der Waals surface area contributed by atoms with Crippen LogP contribution in [-0.4, -0.2) is 42.7 Å². The van der Waals surface area contributed by atoms with Crippen molar-refractivity contribution in [1.29, 1.82) is 0 Å². The van der Waals surface area contributed by atoms with Crippen molar-refractivity contribution >= 4 is 17.6 Å². The Morgan fingerprint density at radius 1 is 1.03 bits per heavy atom. The molecule has 0 bridgehead atoms. The van der Waals surface area contributed by atoms with Crippen molar-refractivity contribution in [3.63, 3.8) is 0 Å². The molecule has 0 radical (unpaired) electrons. The Kier molecular flexibility index (Phi) is 7.38. The summed E-state index contributed by atoms with van der Waals surface area (Å²) in [4.78, 5) is 26.4. The minimum Gasteiger partial charge on any atom is -0.484 e. The van der Waals surface area contributed by atoms with Gasteiger partial charge in [-0.2, -0.15) is 13.2 Å². The fourth-order valence-electron chi connectivity index (χ4n) is 3.31. The fourth-order valence-corrected chi connectivity index (χ4v) is 3.31. The fraction of sp³-hybridized carbons (Fsp3) is 0.364. The summed E-state index contributed by atoms with van der Waals surface area (Å²) < 4.78 is 41.6. The van der Waals surface area contributed by atoms with Crippen LogP contribution in [0.3, 0.4) is 0 Å². The minimum absolute atomic E-state index is 0.0538. The first-order valence-corrected chi connectivity index (χ1v) is 9.97. The summed E-state index contributed by atoms with van der Waals surface area (Å²) in [6.45, 7) is -0.299. The van der Waals surface area contributed by atoms with Gasteiger partial charge < -0.3 is 20.3 Å². The maximum absolute atomic E-state index is 12.4. The number of amides is 3. The number of anilines is 1. The van der Waals surface area contributed by atoms with Crippen LogP contribution in [-0.2, 0) is 11.3 Å². The van der Waals surface area contributed by atoms with Crippen LogP contribution in [0, 0.1) is 5.92 Å². The van der Waals surface area contributed by atoms with E-state index in [-0.39, 0.29) is 30.2 Å². The zero-order valence-electron chi connectivity index (χ0n) is 16.8. The van der Waals surface area contributed by atoms with Crippen molar-refractivity contribution < 1.29 is 27.5 Å². The Balaban J connectivity index is 1.42. The normalized spacial score (nSPS) is 14.7. The van der Waals surface area contributed by atoms with Crippen molar-refractivity contribution in [2.75, 3.05) is 25.0 Å². The van der Waals surface area contributed by atoms with Crippen LogP contribution in [0.2, 0.25) is 0 Å². The molecule has 31 heavy (non-hydrogen) atoms. The molecule has 1 aliphatic rings. The molecule has 0 unspecified atom stereocenters. The zero-order chi connectivity index (χ0) is 22.3. The SMILES string of the molecule is O=C(Nc1ccccc1)C1CCN(C(=O)NCc2cccc(OCC(F)(F)F)c2)CC1. The van der Waals surface area contributed by atoms with Gasteiger partial charge in [-0.05, 0) is 42.7 Å². The van der Waals surface area contributed by atoms with Crippen LogP contribution in [0.1, 0.15) is 18.4 Å². The lowest BCUT2D eigenvalue weighted by Gasteiger charge is -2.31. The monoisotopic (exact) mass is 435 g/mol. The lowest BCUT2D eigenvalue weighted by atomic mass is 9.96. The average molecular weight is 435 g/mol. The summed E-state index contributed by atoms with van der Waals surface area (Å²) in [6, 6.07) is 15.1. The molecule has 166 valence electrons. The molecular weight excluding hydrogens is 411 g/mol. The number of likely N-dealkylation sites (tertiary alicyclic amines) is 1. The predicted molar refractivity (Wildman–Crippen MR) is 110 cm³/mol. The highest BCUT2D eigenvalue weighted by molar-refractivity contribution is 5.92. The summed E-state index contributed by atoms with van der Waals surface area (Å²) >= 11 is 0. The molecule has 9 heteroatoms. The smallest absolute Gasteiger partial charge is 0.422 e. The lowest BCUT2D eigenvalue weighted by molar-refractivity contribution is -0.153. The van der Waals surface area contributed by atoms with E-state index in [0.717, 1.165) is 5.69 Å². The number of nitrogens with one attached hydrogen (secondary N) is 2. The molecule has 1 fully saturated rings. The highest BCUT2D eigenvalue weighted by Crippen LogP contribution is 2.21. The molecule has 0 aromatic heterocycles. The van der Waals surface area contributed by atoms with Gasteiger partial charge in [0.15, 0.2) is 6.61 Å². The first-order chi connectivity index (χ1) is 14.8. The van der Waals surface area contributed by atoms with Crippen molar-refractivity contribution in [3.05, 3.63) is 60.2 Å². The molecule has 2 N–H and O–H groups in total. The van der Waals surface area contributed by atoms with E-state index in [9.17, 15) is 22.8 Å². The van der Waals surface area contributed by atoms with E-state index >= 15 is 0 Å². The number of alkyl halides is 3. The number of halogens is 3. The van der Waals surface area contributed by atoms with Crippen LogP contribution < -0.4 is 15.4 Å². The second-order valence-electron chi connectivity index (χ2n) is 7.33. The third kappa shape index (κ3) is 7.20. The highest BCUT2D eigenvalue weighted by Gasteiger charge is 2.29. The quantitative estimate of drug-likeness (QED) is 0.715. The number of para-hydroxylation sites is 1. The molecule has 3 amide bonds. The Morgan fingerprint density at radius 3 is 2.42 bits per heavy atom. The van der Waals surface area contributed by atoms with Crippen LogP contribution in [0.5, 0.6) is 5.75 Å². The molecule has 2 aromatic carbocycles. The molecule has 0 atom stereocenters. The van der Waals surface area contributed by atoms with Crippen LogP contribution in [0.25, 0.3) is 0 Å². The Hall–Kier alpha value is -3.23. The molecule has 2 aromatic rings. The summed E-state index contributed by atoms with van der Waals surface area (Å²) in [5, 5.41) is 5.65. The average Bonchev–Trinajstić information content (AvgIpc) is 2.77. The summed E-state index contributed by atoms with van der Waals surface area (Å²) in [5.41, 5.74) is 1.37. The van der Waals surface area contributed by atoms with E-state index in [1.807, 2.05) is 30.3 Å². The second-order valence-corrected chi connectivity index (χ2v) is 7.33. The van der Waals surface area contributed by atoms with Gasteiger partial charge in [0.1, 0.15) is 5.75 Å². The number of urea groups is 1. The number of carbonyl (C=O) groups is 2. The standard InChI is InChI=1S/C22H24F3N3O3/c23-22(24,25)15-31-19-8-4-5-16(13-19)14-26-21(30)28-11-9-17(10-12-28)20(29)27-18-6-2-1-3-7-18/h1-8,13,17H,9-12,14-15H2,(H,26,30)(H,27,29). The largest absolute Gasteiger partial charge is 0.484 e. The first kappa shape index (κ1) is 22.5. The molecule has 1 heterocycles. The second kappa shape index (κ2) is 10.2. The number of carbonyl (C=O) groups excluding carboxylic acids is 2. The lowest BCUT2D eigenvalue weighted by Crippen LogP contribution is -2.45. The molecule has 0 saturated carbocycles. The molecule has 0 aliphatic carbocycles. The molecule has 1 saturated heterocycles. The number of benzene rings is 2. The van der Waals surface area contributed by atoms with Gasteiger partial charge in [-0.15, -0.1) is 0 Å². The van der Waals surface area contributed by atoms with E-state index < -0.39 is 12.8 Å². The zero-order valence-corrected chi connectivity index (χ0v) is 16.8. The third-order valence-electron chi connectivity index (χ3n) is 4.94. The summed E-state index contributed by atoms with van der Waals surface area (Å²) in [5.74, 6) is -0.122. The van der Waals surface area contributed by atoms with E-state index in [1.54, 1.807) is 17.0 Å². The van der Waals surface area contributed by atoms with E-state index in [0.29, 0.717) is 31.5 Å². The van der Waals surface area contributed by atoms with Crippen molar-refractivity contribution in [2.45, 2.75) is 25.6 Å². The topological polar surface area (TPSA) is 70.7 Å². The van der Waals surface area contributed by atoms with E-state index in [1.165, 1.54) is 12.1 Å². The van der Waals surface area contributed by atoms with Gasteiger partial charge in [0.05, 0.1) is 0 Å². The van der Waals surface area contributed by atoms with Gasteiger partial charge in [-0.1, -0.05) is 30.3 Å². The molecule has 6 nitrogen and oxygen atoms in total. The molecule has 0 spiro atoms. The van der Waals surface area contributed by atoms with Crippen LogP contribution >= 0.6 is 0 Å². The van der Waals surface area contributed by atoms with Crippen LogP contribution in [0.15, 0.2) is 54.6 Å². The maximum Gasteiger partial charge on any atom is 0.422 e. The predicted octanol–water partition coefficient (Wildman–Crippen LogP) is 4.19. The number of hydrogen-bond acceptors (Lipinski definition) is 3. The number of piperidine rings is 1. The number of rotatable bonds is 6. The Morgan fingerprint density at radius 2 is 1.74 bits per heavy atom. The highest BCUT2D eigenvalue weighted by atomic mass is 19.4. The van der Waals surface area contributed by atoms with Gasteiger partial charge >= 0.3 is 12.2 Å². The van der Waals surface area contributed by atoms with Crippen molar-refractivity contribution in [3.8, 4) is 5.75 Å². The molecule has 1 aliphatic heterocycles. The summed E-state index contributed by atoms with van der Waals surface area (Å²) in [7, 11) is 0. The van der Waals surface area contributed by atoms with Gasteiger partial charge in [0.2, 0.25) is 5.91 Å². The molecular formula is C22H24F3N3O3. The maximum atomic E-state index is 12.4. The van der Waals surface area contributed by atoms with Crippen molar-refractivity contribution in [1.82, 2.24) is 10.2 Å². The van der Waals surface area contributed by atoms with Crippen molar-refractivity contribution in [2.24, 2.45) is 5.92 Å². The van der Waals surface area contributed by atoms with E-state index in [4.69, 9.17) is 4.74 Å². The summed E-state index contributed by atoms with van der Waals surface area (Å²) in [6.07, 6.45) is -3.28. The van der Waals surface area contributed by atoms with Gasteiger partial charge in [-0.25, -0.2) is 4.79 Å². The third-order valence-corrected chi connectivity index (χ3v) is 4.94.